The molecule has 0 aliphatic carbocycles. The maximum absolute atomic E-state index is 12.8. The lowest BCUT2D eigenvalue weighted by Gasteiger charge is -2.23. The van der Waals surface area contributed by atoms with Crippen molar-refractivity contribution < 1.29 is 39.5 Å². The molecular formula is C12H10F9N. The number of nitrogens with one attached hydrogen (secondary N) is 1. The van der Waals surface area contributed by atoms with Gasteiger partial charge in [0.1, 0.15) is 0 Å². The first kappa shape index (κ1) is 18.6. The third-order valence-electron chi connectivity index (χ3n) is 2.99. The Morgan fingerprint density at radius 1 is 0.773 bits per heavy atom. The molecule has 0 saturated heterocycles. The van der Waals surface area contributed by atoms with E-state index in [4.69, 9.17) is 0 Å². The fourth-order valence-corrected chi connectivity index (χ4v) is 1.83. The molecule has 0 amide bonds. The summed E-state index contributed by atoms with van der Waals surface area (Å²) in [5, 5.41) is 2.38. The minimum atomic E-state index is -5.79. The zero-order valence-electron chi connectivity index (χ0n) is 11.1. The summed E-state index contributed by atoms with van der Waals surface area (Å²) >= 11 is 0. The van der Waals surface area contributed by atoms with Gasteiger partial charge in [-0.25, -0.2) is 0 Å². The molecule has 1 unspecified atom stereocenters. The molecule has 22 heavy (non-hydrogen) atoms. The van der Waals surface area contributed by atoms with Crippen LogP contribution in [0.2, 0.25) is 0 Å². The number of benzene rings is 1. The van der Waals surface area contributed by atoms with Crippen molar-refractivity contribution >= 4 is 0 Å². The largest absolute Gasteiger partial charge is 0.417 e. The summed E-state index contributed by atoms with van der Waals surface area (Å²) in [5.41, 5.74) is -7.98. The lowest BCUT2D eigenvalue weighted by atomic mass is 9.93. The van der Waals surface area contributed by atoms with E-state index in [1.54, 1.807) is 0 Å². The van der Waals surface area contributed by atoms with Crippen LogP contribution in [-0.2, 0) is 18.5 Å². The van der Waals surface area contributed by atoms with Crippen molar-refractivity contribution in [1.29, 1.82) is 0 Å². The second-order valence-electron chi connectivity index (χ2n) is 4.49. The zero-order valence-corrected chi connectivity index (χ0v) is 11.1. The predicted octanol–water partition coefficient (Wildman–Crippen LogP) is 5.02. The first-order valence-electron chi connectivity index (χ1n) is 5.76. The summed E-state index contributed by atoms with van der Waals surface area (Å²) in [5.74, 6) is 0. The fraction of sp³-hybridized carbons (Fsp3) is 0.500. The average Bonchev–Trinajstić information content (AvgIpc) is 2.33. The van der Waals surface area contributed by atoms with Gasteiger partial charge in [0, 0.05) is 6.04 Å². The summed E-state index contributed by atoms with van der Waals surface area (Å²) < 4.78 is 115. The molecule has 1 N–H and O–H groups in total. The second kappa shape index (κ2) is 5.64. The molecule has 1 atom stereocenters. The molecular weight excluding hydrogens is 329 g/mol. The number of halogens is 9. The van der Waals surface area contributed by atoms with Gasteiger partial charge in [-0.1, -0.05) is 0 Å². The number of hydrogen-bond donors (Lipinski definition) is 1. The highest BCUT2D eigenvalue weighted by molar-refractivity contribution is 5.45. The molecule has 1 nitrogen and oxygen atoms in total. The zero-order chi connectivity index (χ0) is 17.5. The third kappa shape index (κ3) is 3.84. The Morgan fingerprint density at radius 2 is 1.14 bits per heavy atom. The summed E-state index contributed by atoms with van der Waals surface area (Å²) in [6.45, 7) is 1.23. The Hall–Kier alpha value is -1.45. The Kier molecular flexibility index (Phi) is 4.76. The van der Waals surface area contributed by atoms with Crippen LogP contribution in [0.1, 0.15) is 35.2 Å². The summed E-state index contributed by atoms with van der Waals surface area (Å²) in [7, 11) is 1.25. The quantitative estimate of drug-likeness (QED) is 0.746. The lowest BCUT2D eigenvalue weighted by molar-refractivity contribution is -0.174. The van der Waals surface area contributed by atoms with E-state index >= 15 is 0 Å². The van der Waals surface area contributed by atoms with Crippen LogP contribution in [0.25, 0.3) is 0 Å². The van der Waals surface area contributed by atoms with E-state index in [1.165, 1.54) is 14.0 Å². The Bertz CT molecular complexity index is 504. The molecule has 126 valence electrons. The van der Waals surface area contributed by atoms with Crippen molar-refractivity contribution in [3.8, 4) is 0 Å². The highest BCUT2D eigenvalue weighted by Gasteiger charge is 2.50. The predicted molar refractivity (Wildman–Crippen MR) is 58.9 cm³/mol. The molecule has 0 bridgehead atoms. The maximum Gasteiger partial charge on any atom is 0.417 e. The van der Waals surface area contributed by atoms with E-state index < -0.39 is 46.8 Å². The van der Waals surface area contributed by atoms with Crippen LogP contribution in [-0.4, -0.2) is 7.05 Å². The van der Waals surface area contributed by atoms with Crippen molar-refractivity contribution in [1.82, 2.24) is 5.32 Å². The van der Waals surface area contributed by atoms with E-state index in [9.17, 15) is 39.5 Å². The Morgan fingerprint density at radius 3 is 1.36 bits per heavy atom. The van der Waals surface area contributed by atoms with Gasteiger partial charge in [0.2, 0.25) is 0 Å². The highest BCUT2D eigenvalue weighted by atomic mass is 19.4. The van der Waals surface area contributed by atoms with Crippen molar-refractivity contribution in [2.45, 2.75) is 31.5 Å². The van der Waals surface area contributed by atoms with Crippen molar-refractivity contribution in [2.24, 2.45) is 0 Å². The van der Waals surface area contributed by atoms with Crippen LogP contribution in [0.3, 0.4) is 0 Å². The van der Waals surface area contributed by atoms with E-state index in [2.05, 4.69) is 5.32 Å². The van der Waals surface area contributed by atoms with Crippen molar-refractivity contribution in [3.63, 3.8) is 0 Å². The summed E-state index contributed by atoms with van der Waals surface area (Å²) in [4.78, 5) is 0. The highest BCUT2D eigenvalue weighted by Crippen LogP contribution is 2.47. The number of rotatable bonds is 2. The lowest BCUT2D eigenvalue weighted by Crippen LogP contribution is -2.25. The molecule has 1 aromatic carbocycles. The fourth-order valence-electron chi connectivity index (χ4n) is 1.83. The first-order valence-corrected chi connectivity index (χ1v) is 5.76. The van der Waals surface area contributed by atoms with Crippen LogP contribution < -0.4 is 5.32 Å². The molecule has 0 radical (unpaired) electrons. The Labute approximate surface area is 119 Å². The molecule has 1 rings (SSSR count). The van der Waals surface area contributed by atoms with Crippen LogP contribution in [0.15, 0.2) is 12.1 Å². The SMILES string of the molecule is CNC(C)c1cc(C(F)(F)F)c(C(F)(F)F)c(C(F)(F)F)c1. The summed E-state index contributed by atoms with van der Waals surface area (Å²) in [6, 6.07) is -0.831. The van der Waals surface area contributed by atoms with Gasteiger partial charge in [-0.05, 0) is 31.7 Å². The number of hydrogen-bond acceptors (Lipinski definition) is 1. The van der Waals surface area contributed by atoms with Gasteiger partial charge in [0.15, 0.2) is 0 Å². The third-order valence-corrected chi connectivity index (χ3v) is 2.99. The molecule has 0 spiro atoms. The Balaban J connectivity index is 3.87. The molecule has 0 aliphatic rings. The first-order chi connectivity index (χ1) is 9.69. The molecule has 0 saturated carbocycles. The standard InChI is InChI=1S/C12H10F9N/c1-5(22-2)6-3-7(10(13,14)15)9(12(19,20)21)8(4-6)11(16,17)18/h3-5,22H,1-2H3. The maximum atomic E-state index is 12.8. The average molecular weight is 339 g/mol. The van der Waals surface area contributed by atoms with Gasteiger partial charge < -0.3 is 5.32 Å². The van der Waals surface area contributed by atoms with Crippen LogP contribution >= 0.6 is 0 Å². The van der Waals surface area contributed by atoms with Gasteiger partial charge in [0.05, 0.1) is 16.7 Å². The van der Waals surface area contributed by atoms with Gasteiger partial charge in [-0.3, -0.25) is 0 Å². The minimum Gasteiger partial charge on any atom is -0.313 e. The van der Waals surface area contributed by atoms with E-state index in [-0.39, 0.29) is 12.1 Å². The topological polar surface area (TPSA) is 12.0 Å². The van der Waals surface area contributed by atoms with E-state index in [0.717, 1.165) is 0 Å². The second-order valence-corrected chi connectivity index (χ2v) is 4.49. The normalized spacial score (nSPS) is 15.0. The molecule has 10 heteroatoms. The van der Waals surface area contributed by atoms with Gasteiger partial charge in [-0.15, -0.1) is 0 Å². The van der Waals surface area contributed by atoms with E-state index in [1.807, 2.05) is 0 Å². The smallest absolute Gasteiger partial charge is 0.313 e. The van der Waals surface area contributed by atoms with Gasteiger partial charge >= 0.3 is 18.5 Å². The van der Waals surface area contributed by atoms with Crippen LogP contribution in [0, 0.1) is 0 Å². The monoisotopic (exact) mass is 339 g/mol. The van der Waals surface area contributed by atoms with E-state index in [0.29, 0.717) is 0 Å². The molecule has 0 aromatic heterocycles. The van der Waals surface area contributed by atoms with Crippen molar-refractivity contribution in [3.05, 3.63) is 34.4 Å². The molecule has 0 aliphatic heterocycles. The van der Waals surface area contributed by atoms with Gasteiger partial charge in [-0.2, -0.15) is 39.5 Å². The molecule has 0 fully saturated rings. The molecule has 0 heterocycles. The summed E-state index contributed by atoms with van der Waals surface area (Å²) in [6.07, 6.45) is -16.9. The van der Waals surface area contributed by atoms with Crippen LogP contribution in [0.5, 0.6) is 0 Å². The number of alkyl halides is 9. The minimum absolute atomic E-state index is 0.0826. The van der Waals surface area contributed by atoms with Gasteiger partial charge in [0.25, 0.3) is 0 Å². The molecule has 1 aromatic rings. The van der Waals surface area contributed by atoms with Crippen molar-refractivity contribution in [2.75, 3.05) is 7.05 Å². The van der Waals surface area contributed by atoms with Crippen LogP contribution in [0.4, 0.5) is 39.5 Å².